The van der Waals surface area contributed by atoms with E-state index in [9.17, 15) is 4.79 Å². The Kier molecular flexibility index (Phi) is 5.97. The fourth-order valence-corrected chi connectivity index (χ4v) is 5.23. The van der Waals surface area contributed by atoms with Crippen LogP contribution in [0.25, 0.3) is 10.1 Å². The highest BCUT2D eigenvalue weighted by Crippen LogP contribution is 2.33. The molecule has 1 fully saturated rings. The second kappa shape index (κ2) is 8.48. The first-order chi connectivity index (χ1) is 13.7. The molecule has 29 heavy (non-hydrogen) atoms. The third-order valence-corrected chi connectivity index (χ3v) is 6.79. The number of rotatable bonds is 4. The number of carbonyl (C=O) groups excluding carboxylic acids is 1. The molecule has 5 nitrogen and oxygen atoms in total. The fraction of sp³-hybridized carbons (Fsp3) is 0.333. The summed E-state index contributed by atoms with van der Waals surface area (Å²) in [4.78, 5) is 14.1. The Morgan fingerprint density at radius 3 is 3.03 bits per heavy atom. The van der Waals surface area contributed by atoms with Crippen molar-refractivity contribution in [3.63, 3.8) is 0 Å². The number of nitrogens with zero attached hydrogens (tertiary/aromatic N) is 2. The first kappa shape index (κ1) is 20.4. The number of carbonyl (C=O) groups is 1. The molecule has 1 aromatic heterocycles. The van der Waals surface area contributed by atoms with Crippen molar-refractivity contribution in [1.29, 1.82) is 0 Å². The molecule has 0 radical (unpaired) electrons. The van der Waals surface area contributed by atoms with E-state index in [1.54, 1.807) is 11.5 Å². The van der Waals surface area contributed by atoms with Gasteiger partial charge in [-0.15, -0.1) is 12.4 Å². The van der Waals surface area contributed by atoms with E-state index in [1.807, 2.05) is 6.07 Å². The van der Waals surface area contributed by atoms with Crippen LogP contribution in [0, 0.1) is 0 Å². The van der Waals surface area contributed by atoms with Gasteiger partial charge in [0.05, 0.1) is 11.1 Å². The molecule has 0 bridgehead atoms. The maximum absolute atomic E-state index is 11.6. The Morgan fingerprint density at radius 1 is 1.28 bits per heavy atom. The monoisotopic (exact) mass is 448 g/mol. The Hall–Kier alpha value is -1.86. The van der Waals surface area contributed by atoms with Gasteiger partial charge in [0.1, 0.15) is 0 Å². The van der Waals surface area contributed by atoms with E-state index < -0.39 is 0 Å². The Labute approximate surface area is 185 Å². The van der Waals surface area contributed by atoms with Crippen LogP contribution >= 0.6 is 35.5 Å². The van der Waals surface area contributed by atoms with Gasteiger partial charge in [-0.3, -0.25) is 4.79 Å². The standard InChI is InChI=1S/C21H21ClN4OS.ClH/c22-17-11-18-14(10-20(27)24-18)9-13(17)5-6-15-12-23-7-8-26(15)21-16-3-1-2-4-19(16)28-25-21;/h1-4,9,11,15,23H,5-8,10,12H2,(H,24,27);1H. The minimum Gasteiger partial charge on any atom is -0.350 e. The summed E-state index contributed by atoms with van der Waals surface area (Å²) in [7, 11) is 0. The van der Waals surface area contributed by atoms with Gasteiger partial charge in [-0.05, 0) is 53.7 Å². The van der Waals surface area contributed by atoms with E-state index in [0.717, 1.165) is 60.1 Å². The highest BCUT2D eigenvalue weighted by Gasteiger charge is 2.26. The van der Waals surface area contributed by atoms with Crippen LogP contribution < -0.4 is 15.5 Å². The Bertz CT molecular complexity index is 1050. The largest absolute Gasteiger partial charge is 0.350 e. The second-order valence-electron chi connectivity index (χ2n) is 7.42. The van der Waals surface area contributed by atoms with Crippen LogP contribution in [0.1, 0.15) is 17.5 Å². The number of halogens is 2. The van der Waals surface area contributed by atoms with Gasteiger partial charge < -0.3 is 15.5 Å². The first-order valence-corrected chi connectivity index (χ1v) is 10.8. The van der Waals surface area contributed by atoms with Crippen LogP contribution in [0.2, 0.25) is 5.02 Å². The van der Waals surface area contributed by atoms with Crippen LogP contribution in [0.4, 0.5) is 11.5 Å². The van der Waals surface area contributed by atoms with Gasteiger partial charge >= 0.3 is 0 Å². The fourth-order valence-electron chi connectivity index (χ4n) is 4.19. The predicted molar refractivity (Wildman–Crippen MR) is 123 cm³/mol. The SMILES string of the molecule is Cl.O=C1Cc2cc(CCC3CNCCN3c3nsc4ccccc34)c(Cl)cc2N1. The van der Waals surface area contributed by atoms with Gasteiger partial charge in [0.15, 0.2) is 5.82 Å². The third kappa shape index (κ3) is 3.94. The lowest BCUT2D eigenvalue weighted by atomic mass is 9.99. The number of anilines is 2. The average molecular weight is 449 g/mol. The number of hydrogen-bond acceptors (Lipinski definition) is 5. The van der Waals surface area contributed by atoms with Gasteiger partial charge in [0.25, 0.3) is 0 Å². The molecule has 2 aliphatic rings. The summed E-state index contributed by atoms with van der Waals surface area (Å²) in [6.45, 7) is 2.86. The molecule has 3 aromatic rings. The van der Waals surface area contributed by atoms with Crippen LogP contribution in [0.3, 0.4) is 0 Å². The Balaban J connectivity index is 0.00000205. The molecule has 0 spiro atoms. The molecular formula is C21H22Cl2N4OS. The molecule has 8 heteroatoms. The van der Waals surface area contributed by atoms with Crippen molar-refractivity contribution in [2.75, 3.05) is 29.9 Å². The maximum Gasteiger partial charge on any atom is 0.228 e. The molecule has 2 N–H and O–H groups in total. The van der Waals surface area contributed by atoms with Crippen molar-refractivity contribution >= 4 is 63.0 Å². The molecular weight excluding hydrogens is 427 g/mol. The van der Waals surface area contributed by atoms with Crippen molar-refractivity contribution in [3.8, 4) is 0 Å². The number of amides is 1. The van der Waals surface area contributed by atoms with E-state index >= 15 is 0 Å². The average Bonchev–Trinajstić information content (AvgIpc) is 3.28. The zero-order valence-electron chi connectivity index (χ0n) is 15.8. The maximum atomic E-state index is 11.6. The normalized spacial score (nSPS) is 18.4. The predicted octanol–water partition coefficient (Wildman–Crippen LogP) is 4.28. The molecule has 152 valence electrons. The lowest BCUT2D eigenvalue weighted by Gasteiger charge is -2.37. The molecule has 1 saturated heterocycles. The molecule has 3 heterocycles. The van der Waals surface area contributed by atoms with Crippen molar-refractivity contribution in [2.45, 2.75) is 25.3 Å². The molecule has 2 aliphatic heterocycles. The van der Waals surface area contributed by atoms with Crippen molar-refractivity contribution in [1.82, 2.24) is 9.69 Å². The minimum absolute atomic E-state index is 0. The zero-order chi connectivity index (χ0) is 19.1. The zero-order valence-corrected chi connectivity index (χ0v) is 18.2. The number of aryl methyl sites for hydroxylation is 1. The number of aromatic nitrogens is 1. The van der Waals surface area contributed by atoms with Crippen LogP contribution in [0.15, 0.2) is 36.4 Å². The summed E-state index contributed by atoms with van der Waals surface area (Å²) < 4.78 is 6.00. The van der Waals surface area contributed by atoms with Crippen LogP contribution in [-0.4, -0.2) is 36.0 Å². The molecule has 5 rings (SSSR count). The molecule has 1 atom stereocenters. The summed E-state index contributed by atoms with van der Waals surface area (Å²) in [5.41, 5.74) is 3.02. The van der Waals surface area contributed by atoms with Gasteiger partial charge in [-0.25, -0.2) is 0 Å². The lowest BCUT2D eigenvalue weighted by Crippen LogP contribution is -2.51. The molecule has 1 unspecified atom stereocenters. The Morgan fingerprint density at radius 2 is 2.14 bits per heavy atom. The lowest BCUT2D eigenvalue weighted by molar-refractivity contribution is -0.115. The molecule has 2 aromatic carbocycles. The van der Waals surface area contributed by atoms with Crippen LogP contribution in [0.5, 0.6) is 0 Å². The molecule has 1 amide bonds. The second-order valence-corrected chi connectivity index (χ2v) is 8.63. The number of fused-ring (bicyclic) bond motifs is 2. The van der Waals surface area contributed by atoms with Crippen LogP contribution in [-0.2, 0) is 17.6 Å². The topological polar surface area (TPSA) is 57.3 Å². The van der Waals surface area contributed by atoms with Crippen molar-refractivity contribution < 1.29 is 4.79 Å². The van der Waals surface area contributed by atoms with Gasteiger partial charge in [0, 0.05) is 41.8 Å². The third-order valence-electron chi connectivity index (χ3n) is 5.62. The van der Waals surface area contributed by atoms with E-state index in [4.69, 9.17) is 16.0 Å². The van der Waals surface area contributed by atoms with Crippen molar-refractivity contribution in [2.24, 2.45) is 0 Å². The number of benzene rings is 2. The summed E-state index contributed by atoms with van der Waals surface area (Å²) in [5, 5.41) is 8.35. The van der Waals surface area contributed by atoms with Gasteiger partial charge in [0.2, 0.25) is 5.91 Å². The highest BCUT2D eigenvalue weighted by molar-refractivity contribution is 7.13. The number of hydrogen-bond donors (Lipinski definition) is 2. The molecule has 0 saturated carbocycles. The first-order valence-electron chi connectivity index (χ1n) is 9.62. The quantitative estimate of drug-likeness (QED) is 0.625. The van der Waals surface area contributed by atoms with Crippen molar-refractivity contribution in [3.05, 3.63) is 52.5 Å². The smallest absolute Gasteiger partial charge is 0.228 e. The van der Waals surface area contributed by atoms with E-state index in [-0.39, 0.29) is 18.3 Å². The minimum atomic E-state index is 0. The number of nitrogens with one attached hydrogen (secondary N) is 2. The summed E-state index contributed by atoms with van der Waals surface area (Å²) in [5.74, 6) is 1.14. The number of piperazine rings is 1. The van der Waals surface area contributed by atoms with Gasteiger partial charge in [-0.2, -0.15) is 4.37 Å². The van der Waals surface area contributed by atoms with E-state index in [0.29, 0.717) is 12.5 Å². The summed E-state index contributed by atoms with van der Waals surface area (Å²) in [6.07, 6.45) is 2.31. The molecule has 0 aliphatic carbocycles. The summed E-state index contributed by atoms with van der Waals surface area (Å²) >= 11 is 8.06. The summed E-state index contributed by atoms with van der Waals surface area (Å²) in [6, 6.07) is 12.8. The highest BCUT2D eigenvalue weighted by atomic mass is 35.5. The van der Waals surface area contributed by atoms with Gasteiger partial charge in [-0.1, -0.05) is 29.8 Å². The van der Waals surface area contributed by atoms with E-state index in [1.165, 1.54) is 10.1 Å². The van der Waals surface area contributed by atoms with E-state index in [2.05, 4.69) is 45.9 Å².